The van der Waals surface area contributed by atoms with E-state index in [1.165, 1.54) is 17.0 Å². The number of benzene rings is 1. The standard InChI is InChI=1S/C25H22FN9O/c1-14-23(13-32(3)30-14)33(12-16-8-17-6-4-5-7-34(17)31-16)25(36)18-9-21-20(10-19(18)26)29-24(27)22-11-28-15(2)35(21)22/h4-11,13H,12H2,1-3H3,(H2,27,29). The lowest BCUT2D eigenvalue weighted by Crippen LogP contribution is -2.31. The Morgan fingerprint density at radius 2 is 1.97 bits per heavy atom. The predicted molar refractivity (Wildman–Crippen MR) is 133 cm³/mol. The molecule has 0 aliphatic rings. The molecule has 180 valence electrons. The Hall–Kier alpha value is -4.80. The molecule has 0 bridgehead atoms. The van der Waals surface area contributed by atoms with Crippen molar-refractivity contribution in [2.75, 3.05) is 10.6 Å². The molecule has 2 N–H and O–H groups in total. The van der Waals surface area contributed by atoms with E-state index in [2.05, 4.69) is 20.2 Å². The molecule has 1 aromatic carbocycles. The third kappa shape index (κ3) is 3.35. The van der Waals surface area contributed by atoms with E-state index < -0.39 is 11.7 Å². The number of hydrogen-bond donors (Lipinski definition) is 1. The zero-order valence-electron chi connectivity index (χ0n) is 19.8. The zero-order chi connectivity index (χ0) is 25.1. The van der Waals surface area contributed by atoms with Crippen LogP contribution >= 0.6 is 0 Å². The van der Waals surface area contributed by atoms with Crippen molar-refractivity contribution in [2.45, 2.75) is 20.4 Å². The van der Waals surface area contributed by atoms with Crippen LogP contribution in [-0.2, 0) is 13.6 Å². The summed E-state index contributed by atoms with van der Waals surface area (Å²) in [6, 6.07) is 10.4. The van der Waals surface area contributed by atoms with Gasteiger partial charge in [-0.1, -0.05) is 6.07 Å². The molecule has 0 radical (unpaired) electrons. The summed E-state index contributed by atoms with van der Waals surface area (Å²) in [5.74, 6) is -0.330. The second-order valence-corrected chi connectivity index (χ2v) is 8.71. The molecule has 0 atom stereocenters. The minimum absolute atomic E-state index is 0.101. The van der Waals surface area contributed by atoms with E-state index in [0.29, 0.717) is 39.4 Å². The van der Waals surface area contributed by atoms with Gasteiger partial charge in [0, 0.05) is 25.5 Å². The normalized spacial score (nSPS) is 11.7. The molecule has 0 spiro atoms. The number of pyridine rings is 1. The van der Waals surface area contributed by atoms with Crippen molar-refractivity contribution in [3.05, 3.63) is 83.6 Å². The Bertz CT molecular complexity index is 1780. The lowest BCUT2D eigenvalue weighted by Gasteiger charge is -2.22. The van der Waals surface area contributed by atoms with Crippen molar-refractivity contribution in [3.8, 4) is 0 Å². The first-order chi connectivity index (χ1) is 17.3. The first-order valence-electron chi connectivity index (χ1n) is 11.3. The van der Waals surface area contributed by atoms with E-state index in [-0.39, 0.29) is 17.9 Å². The Morgan fingerprint density at radius 3 is 2.72 bits per heavy atom. The molecule has 1 amide bonds. The van der Waals surface area contributed by atoms with Crippen LogP contribution in [0.15, 0.2) is 55.0 Å². The maximum Gasteiger partial charge on any atom is 0.261 e. The van der Waals surface area contributed by atoms with Crippen molar-refractivity contribution in [1.29, 1.82) is 0 Å². The summed E-state index contributed by atoms with van der Waals surface area (Å²) in [6.07, 6.45) is 5.18. The molecule has 0 saturated carbocycles. The van der Waals surface area contributed by atoms with Crippen LogP contribution in [0.25, 0.3) is 22.1 Å². The number of amides is 1. The summed E-state index contributed by atoms with van der Waals surface area (Å²) < 4.78 is 20.6. The fourth-order valence-corrected chi connectivity index (χ4v) is 4.59. The zero-order valence-corrected chi connectivity index (χ0v) is 19.8. The maximum atomic E-state index is 15.4. The van der Waals surface area contributed by atoms with Crippen molar-refractivity contribution in [1.82, 2.24) is 33.8 Å². The van der Waals surface area contributed by atoms with Gasteiger partial charge in [0.05, 0.1) is 51.9 Å². The van der Waals surface area contributed by atoms with Crippen LogP contribution in [0.5, 0.6) is 0 Å². The average molecular weight is 484 g/mol. The van der Waals surface area contributed by atoms with Crippen LogP contribution in [0.4, 0.5) is 15.9 Å². The number of imidazole rings is 1. The Labute approximate surface area is 204 Å². The lowest BCUT2D eigenvalue weighted by atomic mass is 10.1. The van der Waals surface area contributed by atoms with Gasteiger partial charge < -0.3 is 5.73 Å². The largest absolute Gasteiger partial charge is 0.382 e. The topological polar surface area (TPSA) is 112 Å². The Morgan fingerprint density at radius 1 is 1.14 bits per heavy atom. The van der Waals surface area contributed by atoms with Gasteiger partial charge in [0.25, 0.3) is 5.91 Å². The highest BCUT2D eigenvalue weighted by atomic mass is 19.1. The van der Waals surface area contributed by atoms with Crippen LogP contribution in [0, 0.1) is 19.7 Å². The number of aryl methyl sites for hydroxylation is 3. The van der Waals surface area contributed by atoms with Crippen molar-refractivity contribution >= 4 is 39.5 Å². The van der Waals surface area contributed by atoms with E-state index in [1.807, 2.05) is 37.4 Å². The van der Waals surface area contributed by atoms with Crippen LogP contribution in [0.2, 0.25) is 0 Å². The van der Waals surface area contributed by atoms with Crippen LogP contribution in [0.1, 0.15) is 27.6 Å². The summed E-state index contributed by atoms with van der Waals surface area (Å²) in [5.41, 5.74) is 10.2. The molecule has 5 heterocycles. The molecule has 0 fully saturated rings. The van der Waals surface area contributed by atoms with Crippen LogP contribution in [0.3, 0.4) is 0 Å². The van der Waals surface area contributed by atoms with Gasteiger partial charge in [-0.05, 0) is 38.1 Å². The number of carbonyl (C=O) groups excluding carboxylic acids is 1. The molecule has 0 unspecified atom stereocenters. The molecule has 6 aromatic rings. The number of halogens is 1. The molecule has 5 aromatic heterocycles. The van der Waals surface area contributed by atoms with Gasteiger partial charge in [0.2, 0.25) is 0 Å². The molecule has 11 heteroatoms. The minimum Gasteiger partial charge on any atom is -0.382 e. The highest BCUT2D eigenvalue weighted by Gasteiger charge is 2.26. The van der Waals surface area contributed by atoms with Crippen LogP contribution in [-0.4, -0.2) is 39.7 Å². The van der Waals surface area contributed by atoms with E-state index in [1.54, 1.807) is 40.0 Å². The number of rotatable bonds is 4. The first kappa shape index (κ1) is 21.7. The number of aromatic nitrogens is 7. The van der Waals surface area contributed by atoms with Gasteiger partial charge in [0.15, 0.2) is 0 Å². The van der Waals surface area contributed by atoms with E-state index in [4.69, 9.17) is 5.73 Å². The van der Waals surface area contributed by atoms with E-state index in [0.717, 1.165) is 5.52 Å². The molecular formula is C25H22FN9O. The number of anilines is 2. The fraction of sp³-hybridized carbons (Fsp3) is 0.160. The van der Waals surface area contributed by atoms with Crippen molar-refractivity contribution < 1.29 is 9.18 Å². The highest BCUT2D eigenvalue weighted by molar-refractivity contribution is 6.08. The number of fused-ring (bicyclic) bond motifs is 4. The number of carbonyl (C=O) groups is 1. The first-order valence-corrected chi connectivity index (χ1v) is 11.3. The molecule has 0 aliphatic carbocycles. The van der Waals surface area contributed by atoms with Crippen molar-refractivity contribution in [3.63, 3.8) is 0 Å². The quantitative estimate of drug-likeness (QED) is 0.411. The van der Waals surface area contributed by atoms with Gasteiger partial charge in [-0.15, -0.1) is 0 Å². The Kier molecular flexibility index (Phi) is 4.75. The monoisotopic (exact) mass is 483 g/mol. The van der Waals surface area contributed by atoms with Gasteiger partial charge in [0.1, 0.15) is 23.0 Å². The summed E-state index contributed by atoms with van der Waals surface area (Å²) in [4.78, 5) is 24.1. The smallest absolute Gasteiger partial charge is 0.261 e. The highest BCUT2D eigenvalue weighted by Crippen LogP contribution is 2.28. The molecule has 0 saturated heterocycles. The van der Waals surface area contributed by atoms with Gasteiger partial charge >= 0.3 is 0 Å². The minimum atomic E-state index is -0.696. The second-order valence-electron chi connectivity index (χ2n) is 8.71. The van der Waals surface area contributed by atoms with E-state index >= 15 is 4.39 Å². The van der Waals surface area contributed by atoms with Gasteiger partial charge in [-0.2, -0.15) is 10.2 Å². The summed E-state index contributed by atoms with van der Waals surface area (Å²) in [5, 5.41) is 8.97. The predicted octanol–water partition coefficient (Wildman–Crippen LogP) is 3.45. The van der Waals surface area contributed by atoms with Gasteiger partial charge in [-0.25, -0.2) is 18.9 Å². The number of nitrogen functional groups attached to an aromatic ring is 1. The average Bonchev–Trinajstić information content (AvgIpc) is 3.53. The van der Waals surface area contributed by atoms with E-state index in [9.17, 15) is 4.79 Å². The molecule has 6 rings (SSSR count). The fourth-order valence-electron chi connectivity index (χ4n) is 4.59. The second kappa shape index (κ2) is 7.87. The number of nitrogens with zero attached hydrogens (tertiary/aromatic N) is 8. The van der Waals surface area contributed by atoms with Crippen molar-refractivity contribution in [2.24, 2.45) is 7.05 Å². The molecule has 0 aliphatic heterocycles. The molecule has 36 heavy (non-hydrogen) atoms. The van der Waals surface area contributed by atoms with Gasteiger partial charge in [-0.3, -0.25) is 18.8 Å². The summed E-state index contributed by atoms with van der Waals surface area (Å²) >= 11 is 0. The SMILES string of the molecule is Cc1nn(C)cc1N(Cc1cc2ccccn2n1)C(=O)c1cc2c(cc1F)nc(N)c1cnc(C)n12. The summed E-state index contributed by atoms with van der Waals surface area (Å²) in [6.45, 7) is 3.75. The Balaban J connectivity index is 1.51. The lowest BCUT2D eigenvalue weighted by molar-refractivity contribution is 0.0981. The maximum absolute atomic E-state index is 15.4. The number of nitrogens with two attached hydrogens (primary N) is 1. The molecule has 10 nitrogen and oxygen atoms in total. The molecular weight excluding hydrogens is 461 g/mol. The number of hydrogen-bond acceptors (Lipinski definition) is 6. The summed E-state index contributed by atoms with van der Waals surface area (Å²) in [7, 11) is 1.77. The van der Waals surface area contributed by atoms with Crippen LogP contribution < -0.4 is 10.6 Å². The third-order valence-electron chi connectivity index (χ3n) is 6.24. The third-order valence-corrected chi connectivity index (χ3v) is 6.24.